The van der Waals surface area contributed by atoms with Crippen LogP contribution in [0.4, 0.5) is 0 Å². The Labute approximate surface area is 104 Å². The molecule has 0 N–H and O–H groups in total. The number of fused-ring (bicyclic) bond motifs is 1. The van der Waals surface area contributed by atoms with E-state index in [9.17, 15) is 0 Å². The van der Waals surface area contributed by atoms with E-state index in [1.165, 1.54) is 22.3 Å². The molecule has 0 saturated carbocycles. The van der Waals surface area contributed by atoms with Crippen LogP contribution in [0.3, 0.4) is 0 Å². The first-order valence-corrected chi connectivity index (χ1v) is 6.71. The summed E-state index contributed by atoms with van der Waals surface area (Å²) in [6.07, 6.45) is 3.25. The van der Waals surface area contributed by atoms with Crippen LogP contribution < -0.4 is 0 Å². The predicted octanol–water partition coefficient (Wildman–Crippen LogP) is 5.07. The Morgan fingerprint density at radius 1 is 1.18 bits per heavy atom. The van der Waals surface area contributed by atoms with Crippen molar-refractivity contribution < 1.29 is 4.42 Å². The zero-order chi connectivity index (χ0) is 12.4. The topological polar surface area (TPSA) is 13.1 Å². The largest absolute Gasteiger partial charge is 0.461 e. The SMILES string of the molecule is CCCc1oc2ccc(C(C)C)cc2c1CC. The van der Waals surface area contributed by atoms with Crippen molar-refractivity contribution in [1.29, 1.82) is 0 Å². The van der Waals surface area contributed by atoms with Gasteiger partial charge in [-0.3, -0.25) is 0 Å². The second kappa shape index (κ2) is 4.95. The molecule has 1 aromatic heterocycles. The number of furan rings is 1. The van der Waals surface area contributed by atoms with E-state index in [-0.39, 0.29) is 0 Å². The zero-order valence-corrected chi connectivity index (χ0v) is 11.3. The van der Waals surface area contributed by atoms with Crippen LogP contribution in [-0.2, 0) is 12.8 Å². The van der Waals surface area contributed by atoms with Crippen LogP contribution in [0, 0.1) is 0 Å². The standard InChI is InChI=1S/C16H22O/c1-5-7-15-13(6-2)14-10-12(11(3)4)8-9-16(14)17-15/h8-11H,5-7H2,1-4H3. The molecule has 2 aromatic rings. The molecular weight excluding hydrogens is 208 g/mol. The molecule has 0 radical (unpaired) electrons. The summed E-state index contributed by atoms with van der Waals surface area (Å²) in [6, 6.07) is 6.62. The summed E-state index contributed by atoms with van der Waals surface area (Å²) in [7, 11) is 0. The number of hydrogen-bond donors (Lipinski definition) is 0. The van der Waals surface area contributed by atoms with Gasteiger partial charge >= 0.3 is 0 Å². The van der Waals surface area contributed by atoms with E-state index in [2.05, 4.69) is 45.9 Å². The molecule has 1 heterocycles. The number of rotatable bonds is 4. The van der Waals surface area contributed by atoms with Crippen LogP contribution in [0.25, 0.3) is 11.0 Å². The van der Waals surface area contributed by atoms with Gasteiger partial charge in [0.15, 0.2) is 0 Å². The summed E-state index contributed by atoms with van der Waals surface area (Å²) in [5.41, 5.74) is 3.86. The van der Waals surface area contributed by atoms with E-state index in [1.54, 1.807) is 0 Å². The van der Waals surface area contributed by atoms with E-state index in [0.717, 1.165) is 24.8 Å². The Balaban J connectivity index is 2.58. The average molecular weight is 230 g/mol. The van der Waals surface area contributed by atoms with Crippen LogP contribution >= 0.6 is 0 Å². The van der Waals surface area contributed by atoms with Gasteiger partial charge in [-0.15, -0.1) is 0 Å². The molecule has 92 valence electrons. The lowest BCUT2D eigenvalue weighted by Crippen LogP contribution is -1.89. The summed E-state index contributed by atoms with van der Waals surface area (Å²) >= 11 is 0. The van der Waals surface area contributed by atoms with Crippen molar-refractivity contribution in [3.63, 3.8) is 0 Å². The van der Waals surface area contributed by atoms with Crippen molar-refractivity contribution in [2.45, 2.75) is 52.9 Å². The molecule has 1 heteroatoms. The molecule has 0 atom stereocenters. The van der Waals surface area contributed by atoms with Gasteiger partial charge in [-0.05, 0) is 36.5 Å². The maximum Gasteiger partial charge on any atom is 0.134 e. The highest BCUT2D eigenvalue weighted by molar-refractivity contribution is 5.83. The minimum Gasteiger partial charge on any atom is -0.461 e. The Bertz CT molecular complexity index is 505. The Morgan fingerprint density at radius 3 is 2.53 bits per heavy atom. The quantitative estimate of drug-likeness (QED) is 0.714. The van der Waals surface area contributed by atoms with Gasteiger partial charge in [-0.1, -0.05) is 33.8 Å². The minimum atomic E-state index is 0.577. The Hall–Kier alpha value is -1.24. The van der Waals surface area contributed by atoms with Gasteiger partial charge in [-0.25, -0.2) is 0 Å². The summed E-state index contributed by atoms with van der Waals surface area (Å²) in [5.74, 6) is 1.76. The third-order valence-corrected chi connectivity index (χ3v) is 3.40. The lowest BCUT2D eigenvalue weighted by Gasteiger charge is -2.04. The Morgan fingerprint density at radius 2 is 1.94 bits per heavy atom. The molecule has 1 aromatic carbocycles. The molecule has 0 aliphatic rings. The fraction of sp³-hybridized carbons (Fsp3) is 0.500. The van der Waals surface area contributed by atoms with Gasteiger partial charge in [0.25, 0.3) is 0 Å². The summed E-state index contributed by atoms with van der Waals surface area (Å²) < 4.78 is 5.97. The van der Waals surface area contributed by atoms with Crippen molar-refractivity contribution in [2.24, 2.45) is 0 Å². The predicted molar refractivity (Wildman–Crippen MR) is 73.7 cm³/mol. The lowest BCUT2D eigenvalue weighted by molar-refractivity contribution is 0.538. The summed E-state index contributed by atoms with van der Waals surface area (Å²) in [4.78, 5) is 0. The first-order chi connectivity index (χ1) is 8.17. The third-order valence-electron chi connectivity index (χ3n) is 3.40. The van der Waals surface area contributed by atoms with Gasteiger partial charge in [-0.2, -0.15) is 0 Å². The number of benzene rings is 1. The van der Waals surface area contributed by atoms with Gasteiger partial charge in [0.1, 0.15) is 11.3 Å². The molecule has 0 unspecified atom stereocenters. The number of hydrogen-bond acceptors (Lipinski definition) is 1. The maximum absolute atomic E-state index is 5.97. The highest BCUT2D eigenvalue weighted by atomic mass is 16.3. The van der Waals surface area contributed by atoms with Crippen molar-refractivity contribution in [3.05, 3.63) is 35.1 Å². The van der Waals surface area contributed by atoms with E-state index in [1.807, 2.05) is 0 Å². The fourth-order valence-electron chi connectivity index (χ4n) is 2.39. The average Bonchev–Trinajstić information content (AvgIpc) is 2.65. The minimum absolute atomic E-state index is 0.577. The molecule has 1 nitrogen and oxygen atoms in total. The Kier molecular flexibility index (Phi) is 3.56. The highest BCUT2D eigenvalue weighted by Gasteiger charge is 2.13. The van der Waals surface area contributed by atoms with Crippen LogP contribution in [-0.4, -0.2) is 0 Å². The van der Waals surface area contributed by atoms with E-state index >= 15 is 0 Å². The monoisotopic (exact) mass is 230 g/mol. The molecule has 2 rings (SSSR count). The van der Waals surface area contributed by atoms with E-state index < -0.39 is 0 Å². The second-order valence-corrected chi connectivity index (χ2v) is 5.02. The summed E-state index contributed by atoms with van der Waals surface area (Å²) in [6.45, 7) is 8.89. The molecule has 0 spiro atoms. The first-order valence-electron chi connectivity index (χ1n) is 6.71. The molecule has 0 saturated heterocycles. The second-order valence-electron chi connectivity index (χ2n) is 5.02. The molecule has 0 bridgehead atoms. The van der Waals surface area contributed by atoms with Gasteiger partial charge in [0.2, 0.25) is 0 Å². The van der Waals surface area contributed by atoms with Crippen LogP contribution in [0.5, 0.6) is 0 Å². The molecular formula is C16H22O. The molecule has 0 amide bonds. The normalized spacial score (nSPS) is 11.6. The molecule has 0 aliphatic heterocycles. The van der Waals surface area contributed by atoms with Gasteiger partial charge in [0, 0.05) is 17.4 Å². The maximum atomic E-state index is 5.97. The smallest absolute Gasteiger partial charge is 0.134 e. The first kappa shape index (κ1) is 12.2. The van der Waals surface area contributed by atoms with Crippen molar-refractivity contribution >= 4 is 11.0 Å². The van der Waals surface area contributed by atoms with Crippen LogP contribution in [0.2, 0.25) is 0 Å². The van der Waals surface area contributed by atoms with Crippen LogP contribution in [0.1, 0.15) is 56.9 Å². The fourth-order valence-corrected chi connectivity index (χ4v) is 2.39. The van der Waals surface area contributed by atoms with Crippen molar-refractivity contribution in [2.75, 3.05) is 0 Å². The lowest BCUT2D eigenvalue weighted by atomic mass is 9.99. The van der Waals surface area contributed by atoms with Gasteiger partial charge < -0.3 is 4.42 Å². The molecule has 17 heavy (non-hydrogen) atoms. The summed E-state index contributed by atoms with van der Waals surface area (Å²) in [5, 5.41) is 1.32. The van der Waals surface area contributed by atoms with E-state index in [4.69, 9.17) is 4.42 Å². The molecule has 0 fully saturated rings. The molecule has 0 aliphatic carbocycles. The highest BCUT2D eigenvalue weighted by Crippen LogP contribution is 2.30. The zero-order valence-electron chi connectivity index (χ0n) is 11.3. The number of aryl methyl sites for hydroxylation is 2. The van der Waals surface area contributed by atoms with Crippen molar-refractivity contribution in [3.8, 4) is 0 Å². The van der Waals surface area contributed by atoms with Crippen LogP contribution in [0.15, 0.2) is 22.6 Å². The van der Waals surface area contributed by atoms with E-state index in [0.29, 0.717) is 5.92 Å². The third kappa shape index (κ3) is 2.24. The van der Waals surface area contributed by atoms with Gasteiger partial charge in [0.05, 0.1) is 0 Å². The van der Waals surface area contributed by atoms with Crippen molar-refractivity contribution in [1.82, 2.24) is 0 Å².